The summed E-state index contributed by atoms with van der Waals surface area (Å²) in [6, 6.07) is 10.2. The highest BCUT2D eigenvalue weighted by Crippen LogP contribution is 2.24. The van der Waals surface area contributed by atoms with Crippen molar-refractivity contribution >= 4 is 5.91 Å². The van der Waals surface area contributed by atoms with E-state index in [0.29, 0.717) is 12.5 Å². The molecule has 2 rings (SSSR count). The van der Waals surface area contributed by atoms with E-state index in [4.69, 9.17) is 5.73 Å². The van der Waals surface area contributed by atoms with Gasteiger partial charge in [0.25, 0.3) is 0 Å². The lowest BCUT2D eigenvalue weighted by molar-refractivity contribution is -0.123. The summed E-state index contributed by atoms with van der Waals surface area (Å²) in [4.78, 5) is 12.3. The molecule has 1 aromatic rings. The summed E-state index contributed by atoms with van der Waals surface area (Å²) in [5.41, 5.74) is 6.87. The van der Waals surface area contributed by atoms with E-state index in [1.165, 1.54) is 12.8 Å². The van der Waals surface area contributed by atoms with Crippen LogP contribution in [0.15, 0.2) is 30.3 Å². The first-order chi connectivity index (χ1) is 9.22. The summed E-state index contributed by atoms with van der Waals surface area (Å²) in [5, 5.41) is 3.20. The van der Waals surface area contributed by atoms with E-state index in [1.807, 2.05) is 37.3 Å². The first kappa shape index (κ1) is 14.1. The van der Waals surface area contributed by atoms with E-state index in [2.05, 4.69) is 5.32 Å². The van der Waals surface area contributed by atoms with Crippen molar-refractivity contribution in [1.82, 2.24) is 5.32 Å². The fraction of sp³-hybridized carbons (Fsp3) is 0.562. The molecule has 3 N–H and O–H groups in total. The Morgan fingerprint density at radius 1 is 1.32 bits per heavy atom. The van der Waals surface area contributed by atoms with Crippen LogP contribution in [0.2, 0.25) is 0 Å². The van der Waals surface area contributed by atoms with E-state index >= 15 is 0 Å². The fourth-order valence-electron chi connectivity index (χ4n) is 2.88. The summed E-state index contributed by atoms with van der Waals surface area (Å²) >= 11 is 0. The monoisotopic (exact) mass is 260 g/mol. The van der Waals surface area contributed by atoms with Crippen LogP contribution in [-0.2, 0) is 4.79 Å². The third-order valence-electron chi connectivity index (χ3n) is 4.23. The van der Waals surface area contributed by atoms with Crippen molar-refractivity contribution in [3.63, 3.8) is 0 Å². The van der Waals surface area contributed by atoms with Gasteiger partial charge in [-0.15, -0.1) is 0 Å². The van der Waals surface area contributed by atoms with Crippen molar-refractivity contribution in [3.05, 3.63) is 35.9 Å². The Morgan fingerprint density at radius 2 is 2.00 bits per heavy atom. The Morgan fingerprint density at radius 3 is 2.68 bits per heavy atom. The molecule has 104 valence electrons. The molecule has 3 heteroatoms. The molecule has 0 aliphatic heterocycles. The van der Waals surface area contributed by atoms with Crippen LogP contribution in [0.1, 0.15) is 44.1 Å². The maximum Gasteiger partial charge on any atom is 0.227 e. The SMILES string of the molecule is CC(C(=O)NC1CCCCC1CN)c1ccccc1. The lowest BCUT2D eigenvalue weighted by Gasteiger charge is -2.32. The summed E-state index contributed by atoms with van der Waals surface area (Å²) in [7, 11) is 0. The Kier molecular flexibility index (Phi) is 4.97. The highest BCUT2D eigenvalue weighted by atomic mass is 16.1. The van der Waals surface area contributed by atoms with Gasteiger partial charge in [0.2, 0.25) is 5.91 Å². The van der Waals surface area contributed by atoms with Crippen LogP contribution in [0, 0.1) is 5.92 Å². The minimum Gasteiger partial charge on any atom is -0.353 e. The van der Waals surface area contributed by atoms with Gasteiger partial charge in [0, 0.05) is 6.04 Å². The molecule has 1 saturated carbocycles. The molecule has 3 nitrogen and oxygen atoms in total. The molecular weight excluding hydrogens is 236 g/mol. The van der Waals surface area contributed by atoms with Gasteiger partial charge in [-0.25, -0.2) is 0 Å². The van der Waals surface area contributed by atoms with Crippen LogP contribution in [0.4, 0.5) is 0 Å². The Balaban J connectivity index is 1.96. The van der Waals surface area contributed by atoms with Gasteiger partial charge in [0.1, 0.15) is 0 Å². The van der Waals surface area contributed by atoms with Crippen molar-refractivity contribution in [2.45, 2.75) is 44.6 Å². The predicted octanol–water partition coefficient (Wildman–Crippen LogP) is 2.42. The van der Waals surface area contributed by atoms with Crippen molar-refractivity contribution in [1.29, 1.82) is 0 Å². The number of nitrogens with one attached hydrogen (secondary N) is 1. The number of hydrogen-bond donors (Lipinski definition) is 2. The van der Waals surface area contributed by atoms with E-state index < -0.39 is 0 Å². The zero-order valence-corrected chi connectivity index (χ0v) is 11.6. The van der Waals surface area contributed by atoms with Crippen LogP contribution >= 0.6 is 0 Å². The zero-order valence-electron chi connectivity index (χ0n) is 11.6. The topological polar surface area (TPSA) is 55.1 Å². The summed E-state index contributed by atoms with van der Waals surface area (Å²) < 4.78 is 0. The number of benzene rings is 1. The lowest BCUT2D eigenvalue weighted by Crippen LogP contribution is -2.46. The van der Waals surface area contributed by atoms with Crippen molar-refractivity contribution < 1.29 is 4.79 Å². The van der Waals surface area contributed by atoms with Gasteiger partial charge in [-0.1, -0.05) is 43.2 Å². The molecule has 19 heavy (non-hydrogen) atoms. The van der Waals surface area contributed by atoms with E-state index in [-0.39, 0.29) is 17.9 Å². The molecule has 1 amide bonds. The number of hydrogen-bond acceptors (Lipinski definition) is 2. The second-order valence-electron chi connectivity index (χ2n) is 5.53. The van der Waals surface area contributed by atoms with E-state index in [9.17, 15) is 4.79 Å². The summed E-state index contributed by atoms with van der Waals surface area (Å²) in [6.07, 6.45) is 4.64. The molecule has 0 spiro atoms. The number of rotatable bonds is 4. The first-order valence-corrected chi connectivity index (χ1v) is 7.27. The predicted molar refractivity (Wildman–Crippen MR) is 77.8 cm³/mol. The third kappa shape index (κ3) is 3.57. The van der Waals surface area contributed by atoms with E-state index in [1.54, 1.807) is 0 Å². The molecule has 0 aromatic heterocycles. The summed E-state index contributed by atoms with van der Waals surface area (Å²) in [6.45, 7) is 2.63. The van der Waals surface area contributed by atoms with Crippen LogP contribution in [0.3, 0.4) is 0 Å². The number of carbonyl (C=O) groups is 1. The van der Waals surface area contributed by atoms with Crippen LogP contribution in [0.25, 0.3) is 0 Å². The average Bonchev–Trinajstić information content (AvgIpc) is 2.48. The molecule has 1 fully saturated rings. The Bertz CT molecular complexity index is 404. The number of carbonyl (C=O) groups excluding carboxylic acids is 1. The molecule has 1 aliphatic rings. The second-order valence-corrected chi connectivity index (χ2v) is 5.53. The number of nitrogens with two attached hydrogens (primary N) is 1. The minimum atomic E-state index is -0.0958. The molecule has 3 unspecified atom stereocenters. The van der Waals surface area contributed by atoms with Gasteiger partial charge in [0.05, 0.1) is 5.92 Å². The van der Waals surface area contributed by atoms with Crippen molar-refractivity contribution in [2.75, 3.05) is 6.54 Å². The van der Waals surface area contributed by atoms with Gasteiger partial charge in [-0.05, 0) is 37.8 Å². The largest absolute Gasteiger partial charge is 0.353 e. The average molecular weight is 260 g/mol. The van der Waals surface area contributed by atoms with E-state index in [0.717, 1.165) is 18.4 Å². The van der Waals surface area contributed by atoms with Gasteiger partial charge in [0.15, 0.2) is 0 Å². The molecule has 0 saturated heterocycles. The van der Waals surface area contributed by atoms with Crippen molar-refractivity contribution in [2.24, 2.45) is 11.7 Å². The molecule has 3 atom stereocenters. The molecule has 0 bridgehead atoms. The van der Waals surface area contributed by atoms with Gasteiger partial charge < -0.3 is 11.1 Å². The molecule has 0 heterocycles. The second kappa shape index (κ2) is 6.71. The molecular formula is C16H24N2O. The highest BCUT2D eigenvalue weighted by Gasteiger charge is 2.27. The highest BCUT2D eigenvalue weighted by molar-refractivity contribution is 5.83. The maximum atomic E-state index is 12.3. The zero-order chi connectivity index (χ0) is 13.7. The lowest BCUT2D eigenvalue weighted by atomic mass is 9.84. The number of amides is 1. The minimum absolute atomic E-state index is 0.0958. The fourth-order valence-corrected chi connectivity index (χ4v) is 2.88. The van der Waals surface area contributed by atoms with Crippen LogP contribution < -0.4 is 11.1 Å². The smallest absolute Gasteiger partial charge is 0.227 e. The molecule has 1 aliphatic carbocycles. The normalized spacial score (nSPS) is 24.7. The first-order valence-electron chi connectivity index (χ1n) is 7.27. The van der Waals surface area contributed by atoms with Crippen LogP contribution in [-0.4, -0.2) is 18.5 Å². The maximum absolute atomic E-state index is 12.3. The van der Waals surface area contributed by atoms with Gasteiger partial charge >= 0.3 is 0 Å². The summed E-state index contributed by atoms with van der Waals surface area (Å²) in [5.74, 6) is 0.471. The molecule has 1 aromatic carbocycles. The van der Waals surface area contributed by atoms with Crippen molar-refractivity contribution in [3.8, 4) is 0 Å². The van der Waals surface area contributed by atoms with Gasteiger partial charge in [-0.2, -0.15) is 0 Å². The third-order valence-corrected chi connectivity index (χ3v) is 4.23. The quantitative estimate of drug-likeness (QED) is 0.873. The molecule has 0 radical (unpaired) electrons. The Labute approximate surface area is 115 Å². The van der Waals surface area contributed by atoms with Crippen LogP contribution in [0.5, 0.6) is 0 Å². The standard InChI is InChI=1S/C16H24N2O/c1-12(13-7-3-2-4-8-13)16(19)18-15-10-6-5-9-14(15)11-17/h2-4,7-8,12,14-15H,5-6,9-11,17H2,1H3,(H,18,19). The van der Waals surface area contributed by atoms with Gasteiger partial charge in [-0.3, -0.25) is 4.79 Å². The Hall–Kier alpha value is -1.35.